The molecule has 0 saturated carbocycles. The van der Waals surface area contributed by atoms with Crippen molar-refractivity contribution in [2.75, 3.05) is 18.5 Å². The summed E-state index contributed by atoms with van der Waals surface area (Å²) in [6.45, 7) is 7.21. The Bertz CT molecular complexity index is 343. The molecule has 0 aliphatic carbocycles. The molecule has 0 saturated heterocycles. The van der Waals surface area contributed by atoms with Crippen LogP contribution in [0.3, 0.4) is 0 Å². The van der Waals surface area contributed by atoms with E-state index >= 15 is 0 Å². The van der Waals surface area contributed by atoms with E-state index < -0.39 is 0 Å². The van der Waals surface area contributed by atoms with Gasteiger partial charge in [0.1, 0.15) is 11.6 Å². The van der Waals surface area contributed by atoms with Crippen LogP contribution in [0.2, 0.25) is 0 Å². The highest BCUT2D eigenvalue weighted by Gasteiger charge is 2.08. The SMILES string of the molecule is CCOc1cc(NC(CC)CCN)nc(C)n1. The van der Waals surface area contributed by atoms with Crippen LogP contribution in [0.5, 0.6) is 5.88 Å². The summed E-state index contributed by atoms with van der Waals surface area (Å²) in [7, 11) is 0. The van der Waals surface area contributed by atoms with Gasteiger partial charge in [0.15, 0.2) is 0 Å². The van der Waals surface area contributed by atoms with Crippen LogP contribution in [0.25, 0.3) is 0 Å². The van der Waals surface area contributed by atoms with Crippen LogP contribution in [0.1, 0.15) is 32.5 Å². The first-order valence-corrected chi connectivity index (χ1v) is 6.14. The molecule has 96 valence electrons. The van der Waals surface area contributed by atoms with Crippen molar-refractivity contribution in [3.05, 3.63) is 11.9 Å². The summed E-state index contributed by atoms with van der Waals surface area (Å²) < 4.78 is 5.39. The molecule has 17 heavy (non-hydrogen) atoms. The van der Waals surface area contributed by atoms with Crippen molar-refractivity contribution >= 4 is 5.82 Å². The lowest BCUT2D eigenvalue weighted by molar-refractivity contribution is 0.325. The summed E-state index contributed by atoms with van der Waals surface area (Å²) in [5.74, 6) is 2.13. The Labute approximate surface area is 103 Å². The van der Waals surface area contributed by atoms with Crippen molar-refractivity contribution in [2.45, 2.75) is 39.7 Å². The third-order valence-electron chi connectivity index (χ3n) is 2.47. The van der Waals surface area contributed by atoms with Crippen LogP contribution in [-0.2, 0) is 0 Å². The van der Waals surface area contributed by atoms with E-state index in [-0.39, 0.29) is 0 Å². The lowest BCUT2D eigenvalue weighted by Gasteiger charge is -2.17. The predicted molar refractivity (Wildman–Crippen MR) is 69.3 cm³/mol. The van der Waals surface area contributed by atoms with Gasteiger partial charge in [-0.15, -0.1) is 0 Å². The zero-order valence-electron chi connectivity index (χ0n) is 10.9. The number of anilines is 1. The minimum atomic E-state index is 0.351. The summed E-state index contributed by atoms with van der Waals surface area (Å²) in [6, 6.07) is 2.18. The number of hydrogen-bond acceptors (Lipinski definition) is 5. The van der Waals surface area contributed by atoms with E-state index in [0.717, 1.165) is 18.7 Å². The summed E-state index contributed by atoms with van der Waals surface area (Å²) >= 11 is 0. The van der Waals surface area contributed by atoms with Gasteiger partial charge < -0.3 is 15.8 Å². The molecule has 5 heteroatoms. The molecule has 0 spiro atoms. The summed E-state index contributed by atoms with van der Waals surface area (Å²) in [5.41, 5.74) is 5.57. The fourth-order valence-electron chi connectivity index (χ4n) is 1.62. The molecule has 1 heterocycles. The molecule has 1 rings (SSSR count). The van der Waals surface area contributed by atoms with Gasteiger partial charge in [-0.3, -0.25) is 0 Å². The molecule has 0 amide bonds. The Morgan fingerprint density at radius 1 is 1.41 bits per heavy atom. The van der Waals surface area contributed by atoms with Crippen molar-refractivity contribution in [2.24, 2.45) is 5.73 Å². The van der Waals surface area contributed by atoms with Crippen molar-refractivity contribution in [1.82, 2.24) is 9.97 Å². The molecule has 1 unspecified atom stereocenters. The Hall–Kier alpha value is -1.36. The smallest absolute Gasteiger partial charge is 0.218 e. The first kappa shape index (κ1) is 13.7. The Morgan fingerprint density at radius 3 is 2.76 bits per heavy atom. The van der Waals surface area contributed by atoms with E-state index in [1.54, 1.807) is 0 Å². The molecule has 0 aromatic carbocycles. The average Bonchev–Trinajstić information content (AvgIpc) is 2.28. The van der Waals surface area contributed by atoms with Gasteiger partial charge in [0.25, 0.3) is 0 Å². The number of rotatable bonds is 7. The fourth-order valence-corrected chi connectivity index (χ4v) is 1.62. The van der Waals surface area contributed by atoms with Gasteiger partial charge in [-0.2, -0.15) is 4.98 Å². The minimum absolute atomic E-state index is 0.351. The molecule has 1 aromatic heterocycles. The standard InChI is InChI=1S/C12H22N4O/c1-4-10(6-7-13)16-11-8-12(17-5-2)15-9(3)14-11/h8,10H,4-7,13H2,1-3H3,(H,14,15,16). The van der Waals surface area contributed by atoms with E-state index in [0.29, 0.717) is 30.9 Å². The molecule has 1 aromatic rings. The molecule has 0 bridgehead atoms. The van der Waals surface area contributed by atoms with E-state index in [2.05, 4.69) is 22.2 Å². The van der Waals surface area contributed by atoms with Gasteiger partial charge >= 0.3 is 0 Å². The van der Waals surface area contributed by atoms with Crippen molar-refractivity contribution < 1.29 is 4.74 Å². The second-order valence-electron chi connectivity index (χ2n) is 3.90. The molecule has 1 atom stereocenters. The predicted octanol–water partition coefficient (Wildman–Crippen LogP) is 1.72. The molecular weight excluding hydrogens is 216 g/mol. The van der Waals surface area contributed by atoms with Gasteiger partial charge in [0, 0.05) is 12.1 Å². The van der Waals surface area contributed by atoms with Gasteiger partial charge in [-0.05, 0) is 33.2 Å². The topological polar surface area (TPSA) is 73.1 Å². The number of aryl methyl sites for hydroxylation is 1. The number of nitrogens with zero attached hydrogens (tertiary/aromatic N) is 2. The molecule has 0 radical (unpaired) electrons. The molecule has 0 aliphatic rings. The number of ether oxygens (including phenoxy) is 1. The largest absolute Gasteiger partial charge is 0.478 e. The number of hydrogen-bond donors (Lipinski definition) is 2. The summed E-state index contributed by atoms with van der Waals surface area (Å²) in [6.07, 6.45) is 1.95. The average molecular weight is 238 g/mol. The highest BCUT2D eigenvalue weighted by atomic mass is 16.5. The lowest BCUT2D eigenvalue weighted by Crippen LogP contribution is -2.23. The van der Waals surface area contributed by atoms with Crippen LogP contribution >= 0.6 is 0 Å². The fraction of sp³-hybridized carbons (Fsp3) is 0.667. The Morgan fingerprint density at radius 2 is 2.18 bits per heavy atom. The molecule has 0 fully saturated rings. The van der Waals surface area contributed by atoms with E-state index in [4.69, 9.17) is 10.5 Å². The quantitative estimate of drug-likeness (QED) is 0.756. The van der Waals surface area contributed by atoms with Crippen LogP contribution in [-0.4, -0.2) is 29.2 Å². The minimum Gasteiger partial charge on any atom is -0.478 e. The van der Waals surface area contributed by atoms with Gasteiger partial charge in [-0.25, -0.2) is 4.98 Å². The summed E-state index contributed by atoms with van der Waals surface area (Å²) in [5, 5.41) is 3.36. The molecule has 5 nitrogen and oxygen atoms in total. The van der Waals surface area contributed by atoms with Crippen LogP contribution in [0.15, 0.2) is 6.07 Å². The van der Waals surface area contributed by atoms with E-state index in [9.17, 15) is 0 Å². The first-order valence-electron chi connectivity index (χ1n) is 6.14. The maximum atomic E-state index is 5.57. The normalized spacial score (nSPS) is 12.2. The highest BCUT2D eigenvalue weighted by Crippen LogP contribution is 2.15. The van der Waals surface area contributed by atoms with Crippen LogP contribution < -0.4 is 15.8 Å². The first-order chi connectivity index (χ1) is 8.19. The highest BCUT2D eigenvalue weighted by molar-refractivity contribution is 5.39. The molecule has 0 aliphatic heterocycles. The van der Waals surface area contributed by atoms with Gasteiger partial charge in [-0.1, -0.05) is 6.92 Å². The van der Waals surface area contributed by atoms with E-state index in [1.165, 1.54) is 0 Å². The lowest BCUT2D eigenvalue weighted by atomic mass is 10.1. The maximum Gasteiger partial charge on any atom is 0.218 e. The number of nitrogens with two attached hydrogens (primary N) is 1. The third kappa shape index (κ3) is 4.56. The maximum absolute atomic E-state index is 5.57. The van der Waals surface area contributed by atoms with E-state index in [1.807, 2.05) is 19.9 Å². The van der Waals surface area contributed by atoms with Crippen LogP contribution in [0, 0.1) is 6.92 Å². The van der Waals surface area contributed by atoms with Crippen molar-refractivity contribution in [3.8, 4) is 5.88 Å². The summed E-state index contributed by atoms with van der Waals surface area (Å²) in [4.78, 5) is 8.55. The third-order valence-corrected chi connectivity index (χ3v) is 2.47. The zero-order valence-corrected chi connectivity index (χ0v) is 10.9. The Kier molecular flexibility index (Phi) is 5.69. The second-order valence-corrected chi connectivity index (χ2v) is 3.90. The van der Waals surface area contributed by atoms with Crippen molar-refractivity contribution in [1.29, 1.82) is 0 Å². The monoisotopic (exact) mass is 238 g/mol. The number of aromatic nitrogens is 2. The van der Waals surface area contributed by atoms with Crippen LogP contribution in [0.4, 0.5) is 5.82 Å². The second kappa shape index (κ2) is 7.06. The zero-order chi connectivity index (χ0) is 12.7. The van der Waals surface area contributed by atoms with Gasteiger partial charge in [0.05, 0.1) is 6.61 Å². The number of nitrogens with one attached hydrogen (secondary N) is 1. The van der Waals surface area contributed by atoms with Crippen molar-refractivity contribution in [3.63, 3.8) is 0 Å². The van der Waals surface area contributed by atoms with Gasteiger partial charge in [0.2, 0.25) is 5.88 Å². The Balaban J connectivity index is 2.75. The molecule has 3 N–H and O–H groups in total. The molecular formula is C12H22N4O.